The molecule has 134 valence electrons. The van der Waals surface area contributed by atoms with Crippen LogP contribution < -0.4 is 16.2 Å². The molecule has 5 nitrogen and oxygen atoms in total. The number of carbonyl (C=O) groups is 1. The zero-order valence-corrected chi connectivity index (χ0v) is 15.4. The number of rotatable bonds is 4. The van der Waals surface area contributed by atoms with E-state index < -0.39 is 0 Å². The van der Waals surface area contributed by atoms with Crippen molar-refractivity contribution in [3.05, 3.63) is 74.5 Å². The summed E-state index contributed by atoms with van der Waals surface area (Å²) in [6, 6.07) is 12.6. The minimum absolute atomic E-state index is 0.124. The maximum absolute atomic E-state index is 12.3. The first kappa shape index (κ1) is 18.0. The standard InChI is InChI=1S/C20H20ClN3O2/c1-12-8-13(2)18-15(9-12)10-14(19(25)24-18)6-7-22-20(26)23-17-5-3-4-16(21)11-17/h3-5,8-11H,6-7H2,1-2H3,(H,24,25)(H2,22,23,26). The molecule has 0 aliphatic rings. The highest BCUT2D eigenvalue weighted by molar-refractivity contribution is 6.30. The van der Waals surface area contributed by atoms with Gasteiger partial charge in [-0.25, -0.2) is 4.79 Å². The van der Waals surface area contributed by atoms with Crippen molar-refractivity contribution in [2.45, 2.75) is 20.3 Å². The number of hydrogen-bond acceptors (Lipinski definition) is 2. The average Bonchev–Trinajstić information content (AvgIpc) is 2.56. The van der Waals surface area contributed by atoms with Crippen LogP contribution in [0.25, 0.3) is 10.9 Å². The van der Waals surface area contributed by atoms with Gasteiger partial charge in [-0.3, -0.25) is 4.79 Å². The van der Waals surface area contributed by atoms with Crippen LogP contribution in [-0.2, 0) is 6.42 Å². The predicted octanol–water partition coefficient (Wildman–Crippen LogP) is 4.16. The average molecular weight is 370 g/mol. The van der Waals surface area contributed by atoms with E-state index in [1.807, 2.05) is 32.0 Å². The Hall–Kier alpha value is -2.79. The number of H-pyrrole nitrogens is 1. The molecule has 3 aromatic rings. The molecule has 0 saturated carbocycles. The molecule has 0 saturated heterocycles. The number of hydrogen-bond donors (Lipinski definition) is 3. The Balaban J connectivity index is 1.65. The maximum atomic E-state index is 12.3. The summed E-state index contributed by atoms with van der Waals surface area (Å²) in [7, 11) is 0. The molecule has 1 aromatic heterocycles. The Morgan fingerprint density at radius 2 is 1.96 bits per heavy atom. The molecule has 0 aliphatic carbocycles. The third kappa shape index (κ3) is 4.24. The zero-order valence-electron chi connectivity index (χ0n) is 14.7. The number of aromatic amines is 1. The Bertz CT molecular complexity index is 1030. The van der Waals surface area contributed by atoms with Gasteiger partial charge in [0.05, 0.1) is 5.52 Å². The molecular formula is C20H20ClN3O2. The third-order valence-corrected chi connectivity index (χ3v) is 4.37. The first-order valence-corrected chi connectivity index (χ1v) is 8.74. The van der Waals surface area contributed by atoms with Crippen LogP contribution in [0.4, 0.5) is 10.5 Å². The normalized spacial score (nSPS) is 10.7. The van der Waals surface area contributed by atoms with Crippen molar-refractivity contribution in [2.24, 2.45) is 0 Å². The van der Waals surface area contributed by atoms with E-state index in [0.717, 1.165) is 22.0 Å². The first-order chi connectivity index (χ1) is 12.4. The topological polar surface area (TPSA) is 74.0 Å². The molecule has 0 aliphatic heterocycles. The van der Waals surface area contributed by atoms with Gasteiger partial charge in [-0.1, -0.05) is 29.3 Å². The van der Waals surface area contributed by atoms with E-state index in [-0.39, 0.29) is 11.6 Å². The van der Waals surface area contributed by atoms with Crippen LogP contribution in [0, 0.1) is 13.8 Å². The van der Waals surface area contributed by atoms with E-state index in [2.05, 4.69) is 15.6 Å². The van der Waals surface area contributed by atoms with Gasteiger partial charge in [-0.2, -0.15) is 0 Å². The quantitative estimate of drug-likeness (QED) is 0.646. The fourth-order valence-corrected chi connectivity index (χ4v) is 3.16. The Morgan fingerprint density at radius 3 is 2.73 bits per heavy atom. The highest BCUT2D eigenvalue weighted by atomic mass is 35.5. The lowest BCUT2D eigenvalue weighted by Gasteiger charge is -2.09. The van der Waals surface area contributed by atoms with E-state index in [1.54, 1.807) is 24.3 Å². The predicted molar refractivity (Wildman–Crippen MR) is 106 cm³/mol. The van der Waals surface area contributed by atoms with Crippen molar-refractivity contribution < 1.29 is 4.79 Å². The SMILES string of the molecule is Cc1cc(C)c2[nH]c(=O)c(CCNC(=O)Nc3cccc(Cl)c3)cc2c1. The van der Waals surface area contributed by atoms with Crippen LogP contribution in [0.3, 0.4) is 0 Å². The Kier molecular flexibility index (Phi) is 5.28. The van der Waals surface area contributed by atoms with Gasteiger partial charge in [0, 0.05) is 22.8 Å². The lowest BCUT2D eigenvalue weighted by molar-refractivity contribution is 0.252. The summed E-state index contributed by atoms with van der Waals surface area (Å²) < 4.78 is 0. The van der Waals surface area contributed by atoms with E-state index >= 15 is 0 Å². The summed E-state index contributed by atoms with van der Waals surface area (Å²) in [5.74, 6) is 0. The number of halogens is 1. The number of nitrogens with one attached hydrogen (secondary N) is 3. The summed E-state index contributed by atoms with van der Waals surface area (Å²) in [6.07, 6.45) is 0.446. The molecule has 26 heavy (non-hydrogen) atoms. The summed E-state index contributed by atoms with van der Waals surface area (Å²) in [4.78, 5) is 27.2. The van der Waals surface area contributed by atoms with Gasteiger partial charge in [0.1, 0.15) is 0 Å². The summed E-state index contributed by atoms with van der Waals surface area (Å²) in [6.45, 7) is 4.36. The van der Waals surface area contributed by atoms with Crippen LogP contribution in [0.15, 0.2) is 47.3 Å². The van der Waals surface area contributed by atoms with Crippen molar-refractivity contribution in [1.29, 1.82) is 0 Å². The first-order valence-electron chi connectivity index (χ1n) is 8.36. The number of fused-ring (bicyclic) bond motifs is 1. The van der Waals surface area contributed by atoms with Gasteiger partial charge in [-0.05, 0) is 61.5 Å². The fourth-order valence-electron chi connectivity index (χ4n) is 2.97. The highest BCUT2D eigenvalue weighted by Crippen LogP contribution is 2.18. The van der Waals surface area contributed by atoms with Crippen molar-refractivity contribution in [3.8, 4) is 0 Å². The number of urea groups is 1. The number of amides is 2. The number of aromatic nitrogens is 1. The molecule has 1 heterocycles. The van der Waals surface area contributed by atoms with E-state index in [1.165, 1.54) is 0 Å². The molecule has 3 N–H and O–H groups in total. The monoisotopic (exact) mass is 369 g/mol. The molecule has 3 rings (SSSR count). The lowest BCUT2D eigenvalue weighted by atomic mass is 10.0. The van der Waals surface area contributed by atoms with Crippen LogP contribution >= 0.6 is 11.6 Å². The van der Waals surface area contributed by atoms with Crippen LogP contribution in [0.5, 0.6) is 0 Å². The molecular weight excluding hydrogens is 350 g/mol. The van der Waals surface area contributed by atoms with Gasteiger partial charge in [0.15, 0.2) is 0 Å². The van der Waals surface area contributed by atoms with Gasteiger partial charge in [0.25, 0.3) is 5.56 Å². The molecule has 2 aromatic carbocycles. The molecule has 0 spiro atoms. The zero-order chi connectivity index (χ0) is 18.7. The number of pyridine rings is 1. The van der Waals surface area contributed by atoms with E-state index in [4.69, 9.17) is 11.6 Å². The number of benzene rings is 2. The van der Waals surface area contributed by atoms with Crippen molar-refractivity contribution in [1.82, 2.24) is 10.3 Å². The van der Waals surface area contributed by atoms with Crippen LogP contribution in [0.2, 0.25) is 5.02 Å². The second-order valence-electron chi connectivity index (χ2n) is 6.31. The molecule has 0 fully saturated rings. The molecule has 0 unspecified atom stereocenters. The smallest absolute Gasteiger partial charge is 0.319 e. The minimum atomic E-state index is -0.337. The number of anilines is 1. The maximum Gasteiger partial charge on any atom is 0.319 e. The molecule has 0 bridgehead atoms. The number of aryl methyl sites for hydroxylation is 2. The highest BCUT2D eigenvalue weighted by Gasteiger charge is 2.07. The third-order valence-electron chi connectivity index (χ3n) is 4.13. The fraction of sp³-hybridized carbons (Fsp3) is 0.200. The Labute approximate surface area is 156 Å². The lowest BCUT2D eigenvalue weighted by Crippen LogP contribution is -2.31. The van der Waals surface area contributed by atoms with Crippen LogP contribution in [-0.4, -0.2) is 17.6 Å². The van der Waals surface area contributed by atoms with Crippen molar-refractivity contribution in [2.75, 3.05) is 11.9 Å². The molecule has 2 amide bonds. The Morgan fingerprint density at radius 1 is 1.15 bits per heavy atom. The van der Waals surface area contributed by atoms with Crippen molar-refractivity contribution >= 4 is 34.2 Å². The molecule has 6 heteroatoms. The summed E-state index contributed by atoms with van der Waals surface area (Å²) in [5, 5.41) is 7.01. The second-order valence-corrected chi connectivity index (χ2v) is 6.75. The van der Waals surface area contributed by atoms with E-state index in [0.29, 0.717) is 29.2 Å². The summed E-state index contributed by atoms with van der Waals surface area (Å²) in [5.41, 5.74) is 4.18. The molecule has 0 atom stereocenters. The molecule has 0 radical (unpaired) electrons. The van der Waals surface area contributed by atoms with E-state index in [9.17, 15) is 9.59 Å². The van der Waals surface area contributed by atoms with Gasteiger partial charge < -0.3 is 15.6 Å². The van der Waals surface area contributed by atoms with Gasteiger partial charge in [-0.15, -0.1) is 0 Å². The van der Waals surface area contributed by atoms with Crippen molar-refractivity contribution in [3.63, 3.8) is 0 Å². The number of carbonyl (C=O) groups excluding carboxylic acids is 1. The summed E-state index contributed by atoms with van der Waals surface area (Å²) >= 11 is 5.89. The minimum Gasteiger partial charge on any atom is -0.338 e. The van der Waals surface area contributed by atoms with Gasteiger partial charge in [0.2, 0.25) is 0 Å². The largest absolute Gasteiger partial charge is 0.338 e. The second kappa shape index (κ2) is 7.62. The van der Waals surface area contributed by atoms with Gasteiger partial charge >= 0.3 is 6.03 Å². The van der Waals surface area contributed by atoms with Crippen LogP contribution in [0.1, 0.15) is 16.7 Å².